The molecule has 0 N–H and O–H groups in total. The Labute approximate surface area is 33.7 Å². The molecule has 0 rings (SSSR count). The van der Waals surface area contributed by atoms with E-state index in [1.165, 1.54) is 0 Å². The third-order valence-electron chi connectivity index (χ3n) is 0. The monoisotopic (exact) mass is 135 g/mol. The van der Waals surface area contributed by atoms with Crippen LogP contribution < -0.4 is 0 Å². The molecule has 0 heterocycles. The van der Waals surface area contributed by atoms with Gasteiger partial charge in [0.1, 0.15) is 0 Å². The molecule has 0 aliphatic rings. The van der Waals surface area contributed by atoms with Crippen molar-refractivity contribution in [3.63, 3.8) is 0 Å². The van der Waals surface area contributed by atoms with E-state index >= 15 is 0 Å². The van der Waals surface area contributed by atoms with E-state index in [2.05, 4.69) is 0 Å². The number of hydrogen-bond acceptors (Lipinski definition) is 0. The van der Waals surface area contributed by atoms with Crippen molar-refractivity contribution in [1.29, 1.82) is 0 Å². The minimum absolute atomic E-state index is 0. The Morgan fingerprint density at radius 2 is 1.25 bits per heavy atom. The summed E-state index contributed by atoms with van der Waals surface area (Å²) in [6.07, 6.45) is 0. The molecular formula is H3CuF2P. The molecule has 0 saturated heterocycles. The van der Waals surface area contributed by atoms with E-state index < -0.39 is 15.9 Å². The first kappa shape index (κ1) is 8.84. The van der Waals surface area contributed by atoms with Crippen LogP contribution in [-0.2, 0) is 15.9 Å². The van der Waals surface area contributed by atoms with Crippen LogP contribution in [0.25, 0.3) is 0 Å². The minimum atomic E-state index is -1.19. The summed E-state index contributed by atoms with van der Waals surface area (Å²) in [5.74, 6) is 0. The van der Waals surface area contributed by atoms with E-state index in [1.807, 2.05) is 0 Å². The van der Waals surface area contributed by atoms with E-state index in [-0.39, 0.29) is 9.90 Å². The molecule has 0 fully saturated rings. The van der Waals surface area contributed by atoms with Gasteiger partial charge in [0.25, 0.3) is 0 Å². The second-order valence-corrected chi connectivity index (χ2v) is 0.178. The predicted octanol–water partition coefficient (Wildman–Crippen LogP) is 0.896. The van der Waals surface area contributed by atoms with Gasteiger partial charge in [0.05, 0.1) is 0 Å². The summed E-state index contributed by atoms with van der Waals surface area (Å²) in [5.41, 5.74) is 0. The van der Waals surface area contributed by atoms with Crippen LogP contribution in [0.2, 0.25) is 0 Å². The maximum atomic E-state index is 9.53. The van der Waals surface area contributed by atoms with Crippen molar-refractivity contribution in [3.8, 4) is 0 Å². The first-order valence-corrected chi connectivity index (χ1v) is 0.940. The van der Waals surface area contributed by atoms with E-state index in [4.69, 9.17) is 0 Å². The molecule has 0 radical (unpaired) electrons. The third-order valence-corrected chi connectivity index (χ3v) is 0. The van der Waals surface area contributed by atoms with Crippen molar-refractivity contribution in [1.82, 2.24) is 0 Å². The van der Waals surface area contributed by atoms with Gasteiger partial charge in [-0.3, -0.25) is 0 Å². The molecule has 1 atom stereocenters. The average Bonchev–Trinajstić information content (AvgIpc) is 0.918. The maximum absolute atomic E-state index is 9.53. The van der Waals surface area contributed by atoms with Crippen LogP contribution in [0.15, 0.2) is 0 Å². The van der Waals surface area contributed by atoms with Crippen molar-refractivity contribution < 1.29 is 23.0 Å². The molecule has 0 aromatic carbocycles. The van der Waals surface area contributed by atoms with Gasteiger partial charge in [-0.05, 0) is 0 Å². The molecule has 4 heteroatoms. The molecular weight excluding hydrogens is 133 g/mol. The number of halogens is 2. The number of hydrogen-bond donors (Lipinski definition) is 0. The third kappa shape index (κ3) is 14.0. The van der Waals surface area contributed by atoms with Gasteiger partial charge in [-0.25, -0.2) is 0 Å². The Hall–Kier alpha value is 0.809. The standard InChI is InChI=1S/Cu.2FH.H3P/h;2*1H;1H3/q+2;;;/p-2. The summed E-state index contributed by atoms with van der Waals surface area (Å²) in [7, 11) is 0. The Balaban J connectivity index is 0. The van der Waals surface area contributed by atoms with Gasteiger partial charge in [-0.15, -0.1) is 0 Å². The van der Waals surface area contributed by atoms with Gasteiger partial charge >= 0.3 is 23.0 Å². The van der Waals surface area contributed by atoms with E-state index in [0.29, 0.717) is 0 Å². The molecule has 0 nitrogen and oxygen atoms in total. The summed E-state index contributed by atoms with van der Waals surface area (Å²) >= 11 is -1.19. The van der Waals surface area contributed by atoms with Crippen molar-refractivity contribution >= 4 is 9.90 Å². The van der Waals surface area contributed by atoms with Crippen LogP contribution in [-0.4, -0.2) is 0 Å². The van der Waals surface area contributed by atoms with Gasteiger partial charge in [-0.1, -0.05) is 0 Å². The first-order valence-electron chi connectivity index (χ1n) is 0.228. The first-order chi connectivity index (χ1) is 1.41. The normalized spacial score (nSPS) is 5.50. The molecule has 0 aliphatic carbocycles. The van der Waals surface area contributed by atoms with Crippen molar-refractivity contribution in [2.24, 2.45) is 0 Å². The van der Waals surface area contributed by atoms with Crippen molar-refractivity contribution in [2.45, 2.75) is 0 Å². The Kier molecular flexibility index (Phi) is 20.3. The molecule has 0 aromatic heterocycles. The van der Waals surface area contributed by atoms with Gasteiger partial charge in [0, 0.05) is 0 Å². The summed E-state index contributed by atoms with van der Waals surface area (Å²) < 4.78 is 19.1. The van der Waals surface area contributed by atoms with Gasteiger partial charge < -0.3 is 0 Å². The molecule has 0 aromatic rings. The average molecular weight is 136 g/mol. The molecule has 33 valence electrons. The summed E-state index contributed by atoms with van der Waals surface area (Å²) in [6.45, 7) is 0. The summed E-state index contributed by atoms with van der Waals surface area (Å²) in [5, 5.41) is 0. The number of rotatable bonds is 0. The fraction of sp³-hybridized carbons (Fsp3) is 0. The van der Waals surface area contributed by atoms with Crippen LogP contribution >= 0.6 is 9.90 Å². The van der Waals surface area contributed by atoms with Crippen molar-refractivity contribution in [3.05, 3.63) is 0 Å². The molecule has 0 saturated carbocycles. The van der Waals surface area contributed by atoms with Crippen LogP contribution in [0, 0.1) is 0 Å². The second kappa shape index (κ2) is 9.18. The van der Waals surface area contributed by atoms with Gasteiger partial charge in [-0.2, -0.15) is 9.90 Å². The Morgan fingerprint density at radius 3 is 1.25 bits per heavy atom. The van der Waals surface area contributed by atoms with Gasteiger partial charge in [0.2, 0.25) is 0 Å². The second-order valence-electron chi connectivity index (χ2n) is 0.0431. The topological polar surface area (TPSA) is 0 Å². The molecule has 1 unspecified atom stereocenters. The molecule has 0 aliphatic heterocycles. The zero-order chi connectivity index (χ0) is 2.71. The van der Waals surface area contributed by atoms with Crippen LogP contribution in [0.5, 0.6) is 0 Å². The van der Waals surface area contributed by atoms with E-state index in [1.54, 1.807) is 0 Å². The zero-order valence-corrected chi connectivity index (χ0v) is 4.12. The zero-order valence-electron chi connectivity index (χ0n) is 1.76. The predicted molar refractivity (Wildman–Crippen MR) is 13.3 cm³/mol. The van der Waals surface area contributed by atoms with Crippen LogP contribution in [0.1, 0.15) is 0 Å². The summed E-state index contributed by atoms with van der Waals surface area (Å²) in [6, 6.07) is 0. The van der Waals surface area contributed by atoms with E-state index in [0.717, 1.165) is 0 Å². The summed E-state index contributed by atoms with van der Waals surface area (Å²) in [4.78, 5) is 0. The molecule has 0 spiro atoms. The Bertz CT molecular complexity index is 6.00. The van der Waals surface area contributed by atoms with Crippen LogP contribution in [0.3, 0.4) is 0 Å². The fourth-order valence-electron chi connectivity index (χ4n) is 0. The van der Waals surface area contributed by atoms with Crippen LogP contribution in [0.4, 0.5) is 7.10 Å². The fourth-order valence-corrected chi connectivity index (χ4v) is 0. The van der Waals surface area contributed by atoms with E-state index in [9.17, 15) is 7.10 Å². The SMILES string of the molecule is P.[F][Cu][F]. The van der Waals surface area contributed by atoms with Crippen molar-refractivity contribution in [2.75, 3.05) is 0 Å². The van der Waals surface area contributed by atoms with Gasteiger partial charge in [0.15, 0.2) is 0 Å². The molecule has 4 heavy (non-hydrogen) atoms. The molecule has 0 amide bonds. The Morgan fingerprint density at radius 1 is 1.25 bits per heavy atom. The molecule has 0 bridgehead atoms. The quantitative estimate of drug-likeness (QED) is 0.342.